The number of carboxylic acids is 1. The molecule has 0 bridgehead atoms. The molecule has 4 N–H and O–H groups in total. The van der Waals surface area contributed by atoms with Gasteiger partial charge in [-0.15, -0.1) is 0 Å². The number of sulfonamides is 1. The van der Waals surface area contributed by atoms with Gasteiger partial charge in [0, 0.05) is 19.6 Å². The Labute approximate surface area is 119 Å². The summed E-state index contributed by atoms with van der Waals surface area (Å²) in [7, 11) is -3.37. The van der Waals surface area contributed by atoms with Gasteiger partial charge in [0.25, 0.3) is 0 Å². The van der Waals surface area contributed by atoms with Gasteiger partial charge in [-0.3, -0.25) is 4.79 Å². The molecule has 20 heavy (non-hydrogen) atoms. The minimum atomic E-state index is -3.37. The van der Waals surface area contributed by atoms with Crippen LogP contribution in [0.3, 0.4) is 0 Å². The summed E-state index contributed by atoms with van der Waals surface area (Å²) in [5.74, 6) is -1.80. The van der Waals surface area contributed by atoms with Gasteiger partial charge >= 0.3 is 12.0 Å². The summed E-state index contributed by atoms with van der Waals surface area (Å²) in [5, 5.41) is 13.7. The van der Waals surface area contributed by atoms with Gasteiger partial charge in [0.2, 0.25) is 10.0 Å². The molecular formula is C11H23N3O5S. The Morgan fingerprint density at radius 1 is 1.20 bits per heavy atom. The molecule has 0 saturated carbocycles. The molecule has 0 aliphatic carbocycles. The van der Waals surface area contributed by atoms with E-state index >= 15 is 0 Å². The maximum Gasteiger partial charge on any atom is 0.314 e. The number of carbonyl (C=O) groups excluding carboxylic acids is 1. The van der Waals surface area contributed by atoms with Gasteiger partial charge in [-0.2, -0.15) is 0 Å². The number of urea groups is 1. The number of aliphatic carboxylic acids is 1. The van der Waals surface area contributed by atoms with Gasteiger partial charge in [-0.1, -0.05) is 20.3 Å². The van der Waals surface area contributed by atoms with Crippen molar-refractivity contribution in [1.82, 2.24) is 15.4 Å². The van der Waals surface area contributed by atoms with Crippen LogP contribution in [0.5, 0.6) is 0 Å². The molecule has 0 radical (unpaired) electrons. The number of nitrogens with one attached hydrogen (secondary N) is 3. The first-order valence-electron chi connectivity index (χ1n) is 6.54. The van der Waals surface area contributed by atoms with Crippen molar-refractivity contribution in [3.8, 4) is 0 Å². The highest BCUT2D eigenvalue weighted by Crippen LogP contribution is 2.04. The maximum atomic E-state index is 11.4. The molecule has 0 saturated heterocycles. The van der Waals surface area contributed by atoms with E-state index in [2.05, 4.69) is 15.4 Å². The normalized spacial score (nSPS) is 12.7. The lowest BCUT2D eigenvalue weighted by Gasteiger charge is -2.13. The minimum absolute atomic E-state index is 0.0228. The average Bonchev–Trinajstić information content (AvgIpc) is 2.33. The molecular weight excluding hydrogens is 286 g/mol. The van der Waals surface area contributed by atoms with E-state index in [0.29, 0.717) is 19.4 Å². The van der Waals surface area contributed by atoms with Crippen LogP contribution in [0.25, 0.3) is 0 Å². The zero-order valence-electron chi connectivity index (χ0n) is 11.8. The maximum absolute atomic E-state index is 11.4. The Kier molecular flexibility index (Phi) is 8.89. The van der Waals surface area contributed by atoms with Gasteiger partial charge in [-0.25, -0.2) is 17.9 Å². The van der Waals surface area contributed by atoms with E-state index in [1.54, 1.807) is 6.92 Å². The SMILES string of the molecule is CCCC(CNC(=O)NCCS(=O)(=O)NCC)C(=O)O. The van der Waals surface area contributed by atoms with E-state index < -0.39 is 27.9 Å². The first kappa shape index (κ1) is 18.7. The second-order valence-electron chi connectivity index (χ2n) is 4.28. The van der Waals surface area contributed by atoms with E-state index in [9.17, 15) is 18.0 Å². The largest absolute Gasteiger partial charge is 0.481 e. The molecule has 118 valence electrons. The van der Waals surface area contributed by atoms with E-state index in [1.807, 2.05) is 6.92 Å². The fourth-order valence-electron chi connectivity index (χ4n) is 1.53. The molecule has 0 aromatic carbocycles. The Balaban J connectivity index is 3.97. The van der Waals surface area contributed by atoms with Crippen LogP contribution in [-0.2, 0) is 14.8 Å². The molecule has 0 aromatic heterocycles. The number of hydrogen-bond acceptors (Lipinski definition) is 4. The van der Waals surface area contributed by atoms with E-state index in [1.165, 1.54) is 0 Å². The number of hydrogen-bond donors (Lipinski definition) is 4. The van der Waals surface area contributed by atoms with Crippen molar-refractivity contribution >= 4 is 22.0 Å². The Morgan fingerprint density at radius 3 is 2.35 bits per heavy atom. The lowest BCUT2D eigenvalue weighted by molar-refractivity contribution is -0.141. The monoisotopic (exact) mass is 309 g/mol. The molecule has 0 rings (SSSR count). The van der Waals surface area contributed by atoms with Gasteiger partial charge in [0.15, 0.2) is 0 Å². The van der Waals surface area contributed by atoms with Crippen LogP contribution in [0.15, 0.2) is 0 Å². The molecule has 8 nitrogen and oxygen atoms in total. The summed E-state index contributed by atoms with van der Waals surface area (Å²) in [6.07, 6.45) is 1.19. The van der Waals surface area contributed by atoms with Crippen molar-refractivity contribution < 1.29 is 23.1 Å². The third-order valence-corrected chi connectivity index (χ3v) is 3.99. The van der Waals surface area contributed by atoms with Crippen LogP contribution >= 0.6 is 0 Å². The topological polar surface area (TPSA) is 125 Å². The minimum Gasteiger partial charge on any atom is -0.481 e. The van der Waals surface area contributed by atoms with E-state index in [-0.39, 0.29) is 18.8 Å². The van der Waals surface area contributed by atoms with Crippen molar-refractivity contribution in [2.75, 3.05) is 25.4 Å². The standard InChI is InChI=1S/C11H23N3O5S/c1-3-5-9(10(15)16)8-13-11(17)12-6-7-20(18,19)14-4-2/h9,14H,3-8H2,1-2H3,(H,15,16)(H2,12,13,17). The quantitative estimate of drug-likeness (QED) is 0.442. The summed E-state index contributed by atoms with van der Waals surface area (Å²) >= 11 is 0. The molecule has 1 atom stereocenters. The number of rotatable bonds is 10. The zero-order valence-corrected chi connectivity index (χ0v) is 12.6. The molecule has 0 aromatic rings. The number of carboxylic acid groups (broad SMARTS) is 1. The van der Waals surface area contributed by atoms with Crippen LogP contribution in [0.1, 0.15) is 26.7 Å². The zero-order chi connectivity index (χ0) is 15.6. The van der Waals surface area contributed by atoms with Crippen molar-refractivity contribution in [3.05, 3.63) is 0 Å². The Morgan fingerprint density at radius 2 is 1.85 bits per heavy atom. The second kappa shape index (κ2) is 9.54. The molecule has 0 aliphatic rings. The van der Waals surface area contributed by atoms with E-state index in [0.717, 1.165) is 0 Å². The fraction of sp³-hybridized carbons (Fsp3) is 0.818. The fourth-order valence-corrected chi connectivity index (χ4v) is 2.49. The summed E-state index contributed by atoms with van der Waals surface area (Å²) in [4.78, 5) is 22.2. The summed E-state index contributed by atoms with van der Waals surface area (Å²) in [5.41, 5.74) is 0. The summed E-state index contributed by atoms with van der Waals surface area (Å²) in [6, 6.07) is -0.570. The molecule has 1 unspecified atom stereocenters. The Bertz CT molecular complexity index is 410. The second-order valence-corrected chi connectivity index (χ2v) is 6.20. The number of amides is 2. The highest BCUT2D eigenvalue weighted by molar-refractivity contribution is 7.89. The molecule has 0 spiro atoms. The molecule has 2 amide bonds. The third kappa shape index (κ3) is 8.70. The average molecular weight is 309 g/mol. The molecule has 0 fully saturated rings. The van der Waals surface area contributed by atoms with Crippen molar-refractivity contribution in [2.24, 2.45) is 5.92 Å². The lowest BCUT2D eigenvalue weighted by atomic mass is 10.0. The smallest absolute Gasteiger partial charge is 0.314 e. The predicted octanol–water partition coefficient (Wildman–Crippen LogP) is -0.274. The van der Waals surface area contributed by atoms with Gasteiger partial charge in [0.1, 0.15) is 0 Å². The molecule has 0 heterocycles. The van der Waals surface area contributed by atoms with Gasteiger partial charge in [-0.05, 0) is 6.42 Å². The Hall–Kier alpha value is -1.35. The van der Waals surface area contributed by atoms with Crippen molar-refractivity contribution in [2.45, 2.75) is 26.7 Å². The van der Waals surface area contributed by atoms with Crippen LogP contribution in [0, 0.1) is 5.92 Å². The van der Waals surface area contributed by atoms with Crippen LogP contribution in [0.2, 0.25) is 0 Å². The van der Waals surface area contributed by atoms with Crippen LogP contribution in [-0.4, -0.2) is 50.9 Å². The summed E-state index contributed by atoms with van der Waals surface area (Å²) in [6.45, 7) is 3.81. The van der Waals surface area contributed by atoms with E-state index in [4.69, 9.17) is 5.11 Å². The molecule has 0 aliphatic heterocycles. The lowest BCUT2D eigenvalue weighted by Crippen LogP contribution is -2.42. The van der Waals surface area contributed by atoms with Crippen molar-refractivity contribution in [1.29, 1.82) is 0 Å². The number of carbonyl (C=O) groups is 2. The van der Waals surface area contributed by atoms with Crippen LogP contribution < -0.4 is 15.4 Å². The predicted molar refractivity (Wildman–Crippen MR) is 74.9 cm³/mol. The first-order chi connectivity index (χ1) is 9.32. The summed E-state index contributed by atoms with van der Waals surface area (Å²) < 4.78 is 24.9. The third-order valence-electron chi connectivity index (χ3n) is 2.52. The van der Waals surface area contributed by atoms with Gasteiger partial charge in [0.05, 0.1) is 11.7 Å². The van der Waals surface area contributed by atoms with Crippen LogP contribution in [0.4, 0.5) is 4.79 Å². The highest BCUT2D eigenvalue weighted by atomic mass is 32.2. The molecule has 9 heteroatoms. The first-order valence-corrected chi connectivity index (χ1v) is 8.19. The van der Waals surface area contributed by atoms with Gasteiger partial charge < -0.3 is 15.7 Å². The van der Waals surface area contributed by atoms with Crippen molar-refractivity contribution in [3.63, 3.8) is 0 Å². The highest BCUT2D eigenvalue weighted by Gasteiger charge is 2.17.